The highest BCUT2D eigenvalue weighted by Crippen LogP contribution is 2.42. The van der Waals surface area contributed by atoms with Gasteiger partial charge in [0.05, 0.1) is 24.5 Å². The number of allylic oxidation sites excluding steroid dienone is 2. The summed E-state index contributed by atoms with van der Waals surface area (Å²) in [5.41, 5.74) is 1.73. The standard InChI is InChI=1S/C28H41NO5S/c1-17-6-11-22(18(2)14-17)26(30)29(23-15-24(28(3,4)5)35-25(23)27(31)32)19-7-9-20(10-8-19)34-21-12-13-33-16-21/h6,15,18-22H,7-14,16H2,1-5H3,(H,31,32)/t18-,19-,20-,21-,22?/m1/s1. The highest BCUT2D eigenvalue weighted by Gasteiger charge is 2.39. The Morgan fingerprint density at radius 1 is 1.14 bits per heavy atom. The molecule has 194 valence electrons. The summed E-state index contributed by atoms with van der Waals surface area (Å²) >= 11 is 1.31. The van der Waals surface area contributed by atoms with Crippen LogP contribution in [0.15, 0.2) is 17.7 Å². The van der Waals surface area contributed by atoms with Crippen molar-refractivity contribution in [3.63, 3.8) is 0 Å². The third-order valence-electron chi connectivity index (χ3n) is 7.79. The molecule has 1 unspecified atom stereocenters. The predicted molar refractivity (Wildman–Crippen MR) is 139 cm³/mol. The molecule has 2 heterocycles. The van der Waals surface area contributed by atoms with Crippen molar-refractivity contribution in [2.75, 3.05) is 18.1 Å². The van der Waals surface area contributed by atoms with Gasteiger partial charge < -0.3 is 19.5 Å². The number of carbonyl (C=O) groups excluding carboxylic acids is 1. The maximum absolute atomic E-state index is 14.2. The van der Waals surface area contributed by atoms with Crippen LogP contribution in [0.5, 0.6) is 0 Å². The summed E-state index contributed by atoms with van der Waals surface area (Å²) in [6.07, 6.45) is 8.52. The lowest BCUT2D eigenvalue weighted by Crippen LogP contribution is -2.48. The molecule has 1 aromatic rings. The second-order valence-corrected chi connectivity index (χ2v) is 12.8. The van der Waals surface area contributed by atoms with E-state index >= 15 is 0 Å². The van der Waals surface area contributed by atoms with Crippen LogP contribution >= 0.6 is 11.3 Å². The average Bonchev–Trinajstić information content (AvgIpc) is 3.45. The third kappa shape index (κ3) is 6.00. The van der Waals surface area contributed by atoms with Crippen molar-refractivity contribution in [1.29, 1.82) is 0 Å². The predicted octanol–water partition coefficient (Wildman–Crippen LogP) is 6.19. The number of hydrogen-bond donors (Lipinski definition) is 1. The first-order valence-electron chi connectivity index (χ1n) is 13.1. The highest BCUT2D eigenvalue weighted by molar-refractivity contribution is 7.14. The van der Waals surface area contributed by atoms with Gasteiger partial charge in [0.25, 0.3) is 0 Å². The minimum Gasteiger partial charge on any atom is -0.477 e. The molecule has 1 saturated carbocycles. The zero-order chi connectivity index (χ0) is 25.3. The van der Waals surface area contributed by atoms with E-state index in [1.54, 1.807) is 0 Å². The number of carboxylic acid groups (broad SMARTS) is 1. The number of ether oxygens (including phenoxy) is 2. The summed E-state index contributed by atoms with van der Waals surface area (Å²) < 4.78 is 11.7. The van der Waals surface area contributed by atoms with Crippen LogP contribution in [0.2, 0.25) is 0 Å². The van der Waals surface area contributed by atoms with E-state index in [1.807, 2.05) is 11.0 Å². The van der Waals surface area contributed by atoms with E-state index in [1.165, 1.54) is 16.9 Å². The van der Waals surface area contributed by atoms with Gasteiger partial charge in [0, 0.05) is 23.4 Å². The van der Waals surface area contributed by atoms with E-state index in [9.17, 15) is 14.7 Å². The van der Waals surface area contributed by atoms with Gasteiger partial charge >= 0.3 is 5.97 Å². The van der Waals surface area contributed by atoms with Crippen molar-refractivity contribution in [2.45, 2.75) is 103 Å². The quantitative estimate of drug-likeness (QED) is 0.469. The number of anilines is 1. The molecule has 35 heavy (non-hydrogen) atoms. The molecular formula is C28H41NO5S. The van der Waals surface area contributed by atoms with Gasteiger partial charge in [-0.15, -0.1) is 11.3 Å². The average molecular weight is 504 g/mol. The zero-order valence-electron chi connectivity index (χ0n) is 21.8. The van der Waals surface area contributed by atoms with Gasteiger partial charge in [-0.3, -0.25) is 4.79 Å². The number of aromatic carboxylic acids is 1. The van der Waals surface area contributed by atoms with Crippen molar-refractivity contribution >= 4 is 28.9 Å². The lowest BCUT2D eigenvalue weighted by Gasteiger charge is -2.40. The van der Waals surface area contributed by atoms with Gasteiger partial charge in [0.1, 0.15) is 4.88 Å². The lowest BCUT2D eigenvalue weighted by molar-refractivity contribution is -0.124. The summed E-state index contributed by atoms with van der Waals surface area (Å²) in [7, 11) is 0. The molecule has 1 amide bonds. The topological polar surface area (TPSA) is 76.1 Å². The monoisotopic (exact) mass is 503 g/mol. The molecular weight excluding hydrogens is 462 g/mol. The van der Waals surface area contributed by atoms with E-state index in [0.717, 1.165) is 56.4 Å². The smallest absolute Gasteiger partial charge is 0.348 e. The number of thiophene rings is 1. The summed E-state index contributed by atoms with van der Waals surface area (Å²) in [5, 5.41) is 10.1. The Balaban J connectivity index is 1.63. The number of carbonyl (C=O) groups is 2. The van der Waals surface area contributed by atoms with E-state index in [-0.39, 0.29) is 46.3 Å². The number of carboxylic acids is 1. The van der Waals surface area contributed by atoms with Crippen molar-refractivity contribution < 1.29 is 24.2 Å². The Morgan fingerprint density at radius 2 is 1.86 bits per heavy atom. The van der Waals surface area contributed by atoms with Crippen LogP contribution in [-0.4, -0.2) is 48.4 Å². The first-order chi connectivity index (χ1) is 16.5. The van der Waals surface area contributed by atoms with E-state index < -0.39 is 5.97 Å². The van der Waals surface area contributed by atoms with Crippen molar-refractivity contribution in [2.24, 2.45) is 11.8 Å². The minimum absolute atomic E-state index is 0.0121. The number of nitrogens with zero attached hydrogens (tertiary/aromatic N) is 1. The van der Waals surface area contributed by atoms with Gasteiger partial charge in [-0.2, -0.15) is 0 Å². The first kappa shape index (κ1) is 26.4. The van der Waals surface area contributed by atoms with E-state index in [4.69, 9.17) is 9.47 Å². The Kier molecular flexibility index (Phi) is 8.08. The molecule has 3 aliphatic rings. The molecule has 1 aliphatic heterocycles. The molecule has 1 saturated heterocycles. The molecule has 1 aromatic heterocycles. The maximum atomic E-state index is 14.2. The highest BCUT2D eigenvalue weighted by atomic mass is 32.1. The Bertz CT molecular complexity index is 947. The number of hydrogen-bond acceptors (Lipinski definition) is 5. The summed E-state index contributed by atoms with van der Waals surface area (Å²) in [5.74, 6) is -0.756. The van der Waals surface area contributed by atoms with Crippen LogP contribution in [0.1, 0.15) is 94.1 Å². The fourth-order valence-corrected chi connectivity index (χ4v) is 6.77. The van der Waals surface area contributed by atoms with Crippen LogP contribution in [0.3, 0.4) is 0 Å². The molecule has 0 bridgehead atoms. The molecule has 1 N–H and O–H groups in total. The second-order valence-electron chi connectivity index (χ2n) is 11.7. The normalized spacial score (nSPS) is 29.6. The van der Waals surface area contributed by atoms with E-state index in [2.05, 4.69) is 40.7 Å². The molecule has 0 spiro atoms. The first-order valence-corrected chi connectivity index (χ1v) is 14.0. The summed E-state index contributed by atoms with van der Waals surface area (Å²) in [4.78, 5) is 29.7. The largest absolute Gasteiger partial charge is 0.477 e. The van der Waals surface area contributed by atoms with Gasteiger partial charge in [-0.1, -0.05) is 39.3 Å². The summed E-state index contributed by atoms with van der Waals surface area (Å²) in [6.45, 7) is 12.0. The Morgan fingerprint density at radius 3 is 2.43 bits per heavy atom. The molecule has 2 fully saturated rings. The van der Waals surface area contributed by atoms with Crippen LogP contribution in [0.25, 0.3) is 0 Å². The van der Waals surface area contributed by atoms with Crippen molar-refractivity contribution in [3.05, 3.63) is 27.5 Å². The lowest BCUT2D eigenvalue weighted by atomic mass is 9.79. The van der Waals surface area contributed by atoms with Crippen molar-refractivity contribution in [3.8, 4) is 0 Å². The fraction of sp³-hybridized carbons (Fsp3) is 0.714. The molecule has 2 aliphatic carbocycles. The van der Waals surface area contributed by atoms with Crippen molar-refractivity contribution in [1.82, 2.24) is 0 Å². The zero-order valence-corrected chi connectivity index (χ0v) is 22.7. The Labute approximate surface area is 213 Å². The number of rotatable bonds is 6. The fourth-order valence-electron chi connectivity index (χ4n) is 5.73. The van der Waals surface area contributed by atoms with Crippen LogP contribution in [-0.2, 0) is 19.7 Å². The van der Waals surface area contributed by atoms with Gasteiger partial charge in [0.15, 0.2) is 0 Å². The second kappa shape index (κ2) is 10.7. The van der Waals surface area contributed by atoms with Gasteiger partial charge in [0.2, 0.25) is 5.91 Å². The van der Waals surface area contributed by atoms with Gasteiger partial charge in [-0.25, -0.2) is 4.79 Å². The minimum atomic E-state index is -0.955. The third-order valence-corrected chi connectivity index (χ3v) is 9.33. The molecule has 6 nitrogen and oxygen atoms in total. The van der Waals surface area contributed by atoms with Crippen LogP contribution in [0, 0.1) is 11.8 Å². The maximum Gasteiger partial charge on any atom is 0.348 e. The van der Waals surface area contributed by atoms with E-state index in [0.29, 0.717) is 12.3 Å². The Hall–Kier alpha value is -1.70. The molecule has 7 heteroatoms. The summed E-state index contributed by atoms with van der Waals surface area (Å²) in [6, 6.07) is 1.96. The SMILES string of the molecule is CC1=CCC(C(=O)N(c2cc(C(C)(C)C)sc2C(=O)O)[C@H]2CC[C@H](O[C@@H]3CCOC3)CC2)[C@H](C)C1. The molecule has 3 atom stereocenters. The molecule has 4 rings (SSSR count). The van der Waals surface area contributed by atoms with Gasteiger partial charge in [-0.05, 0) is 69.3 Å². The van der Waals surface area contributed by atoms with Crippen LogP contribution < -0.4 is 4.90 Å². The molecule has 0 radical (unpaired) electrons. The molecule has 0 aromatic carbocycles. The number of amides is 1. The van der Waals surface area contributed by atoms with Crippen LogP contribution in [0.4, 0.5) is 5.69 Å².